The topological polar surface area (TPSA) is 29.5 Å². The maximum absolute atomic E-state index is 8.28. The van der Waals surface area contributed by atoms with Crippen LogP contribution >= 0.6 is 0 Å². The molecule has 0 aliphatic carbocycles. The monoisotopic (exact) mass is 123 g/mol. The number of hydrogen-bond acceptors (Lipinski definition) is 2. The maximum atomic E-state index is 8.28. The number of ether oxygens (including phenoxy) is 1. The van der Waals surface area contributed by atoms with Gasteiger partial charge in [0.15, 0.2) is 6.79 Å². The van der Waals surface area contributed by atoms with Crippen LogP contribution in [0.5, 0.6) is 5.75 Å². The number of benzene rings is 1. The van der Waals surface area contributed by atoms with Crippen LogP contribution in [0.1, 0.15) is 0 Å². The Morgan fingerprint density at radius 1 is 1.67 bits per heavy atom. The highest BCUT2D eigenvalue weighted by Gasteiger charge is 1.84. The molecule has 1 N–H and O–H groups in total. The summed E-state index contributed by atoms with van der Waals surface area (Å²) in [4.78, 5) is 0. The van der Waals surface area contributed by atoms with Gasteiger partial charge in [-0.15, -0.1) is 0 Å². The lowest BCUT2D eigenvalue weighted by molar-refractivity contribution is 0.0985. The van der Waals surface area contributed by atoms with Gasteiger partial charge in [0.1, 0.15) is 5.75 Å². The third-order valence-electron chi connectivity index (χ3n) is 0.910. The molecule has 1 aromatic rings. The smallest absolute Gasteiger partial charge is 0.186 e. The molecule has 47 valence electrons. The van der Waals surface area contributed by atoms with Crippen LogP contribution in [-0.4, -0.2) is 11.9 Å². The van der Waals surface area contributed by atoms with Crippen molar-refractivity contribution in [2.75, 3.05) is 6.79 Å². The molecule has 0 atom stereocenters. The van der Waals surface area contributed by atoms with Crippen molar-refractivity contribution in [2.24, 2.45) is 0 Å². The van der Waals surface area contributed by atoms with Crippen molar-refractivity contribution >= 4 is 0 Å². The fraction of sp³-hybridized carbons (Fsp3) is 0.143. The van der Waals surface area contributed by atoms with Crippen molar-refractivity contribution in [3.8, 4) is 5.75 Å². The summed E-state index contributed by atoms with van der Waals surface area (Å²) in [5, 5.41) is 8.28. The first-order valence-corrected chi connectivity index (χ1v) is 2.63. The molecule has 0 aliphatic rings. The normalized spacial score (nSPS) is 9.00. The molecule has 1 radical (unpaired) electrons. The summed E-state index contributed by atoms with van der Waals surface area (Å²) < 4.78 is 4.73. The van der Waals surface area contributed by atoms with Crippen molar-refractivity contribution in [1.29, 1.82) is 0 Å². The average Bonchev–Trinajstić information content (AvgIpc) is 1.91. The second kappa shape index (κ2) is 3.10. The number of hydrogen-bond donors (Lipinski definition) is 1. The largest absolute Gasteiger partial charge is 0.468 e. The Bertz CT molecular complexity index is 160. The highest BCUT2D eigenvalue weighted by Crippen LogP contribution is 2.06. The van der Waals surface area contributed by atoms with Crippen LogP contribution < -0.4 is 4.74 Å². The van der Waals surface area contributed by atoms with Gasteiger partial charge in [-0.1, -0.05) is 12.1 Å². The van der Waals surface area contributed by atoms with Crippen LogP contribution in [-0.2, 0) is 0 Å². The third kappa shape index (κ3) is 1.74. The molecule has 9 heavy (non-hydrogen) atoms. The van der Waals surface area contributed by atoms with E-state index in [1.807, 2.05) is 0 Å². The molecular weight excluding hydrogens is 116 g/mol. The predicted octanol–water partition coefficient (Wildman–Crippen LogP) is 0.815. The van der Waals surface area contributed by atoms with E-state index in [0.717, 1.165) is 0 Å². The molecule has 2 nitrogen and oxygen atoms in total. The summed E-state index contributed by atoms with van der Waals surface area (Å²) in [6.07, 6.45) is 0. The Labute approximate surface area is 53.7 Å². The van der Waals surface area contributed by atoms with Crippen LogP contribution in [0.15, 0.2) is 24.3 Å². The molecule has 0 aliphatic heterocycles. The molecule has 0 unspecified atom stereocenters. The lowest BCUT2D eigenvalue weighted by Crippen LogP contribution is -1.93. The van der Waals surface area contributed by atoms with Gasteiger partial charge in [-0.05, 0) is 18.2 Å². The molecule has 0 aromatic heterocycles. The second-order valence-electron chi connectivity index (χ2n) is 1.51. The summed E-state index contributed by atoms with van der Waals surface area (Å²) in [6.45, 7) is -0.280. The quantitative estimate of drug-likeness (QED) is 0.590. The zero-order chi connectivity index (χ0) is 6.53. The second-order valence-corrected chi connectivity index (χ2v) is 1.51. The average molecular weight is 123 g/mol. The lowest BCUT2D eigenvalue weighted by Gasteiger charge is -1.97. The first-order chi connectivity index (χ1) is 4.43. The zero-order valence-corrected chi connectivity index (χ0v) is 4.87. The maximum Gasteiger partial charge on any atom is 0.186 e. The SMILES string of the molecule is OCOc1c[c]ccc1. The van der Waals surface area contributed by atoms with Gasteiger partial charge in [0.05, 0.1) is 0 Å². The number of aliphatic hydroxyl groups excluding tert-OH is 1. The van der Waals surface area contributed by atoms with Crippen LogP contribution in [0.2, 0.25) is 0 Å². The number of rotatable bonds is 2. The van der Waals surface area contributed by atoms with E-state index >= 15 is 0 Å². The van der Waals surface area contributed by atoms with E-state index in [0.29, 0.717) is 5.75 Å². The Hall–Kier alpha value is -1.02. The van der Waals surface area contributed by atoms with Gasteiger partial charge < -0.3 is 9.84 Å². The van der Waals surface area contributed by atoms with Gasteiger partial charge in [0, 0.05) is 0 Å². The van der Waals surface area contributed by atoms with Gasteiger partial charge in [-0.25, -0.2) is 0 Å². The molecule has 0 spiro atoms. The summed E-state index contributed by atoms with van der Waals surface area (Å²) in [5.74, 6) is 0.639. The van der Waals surface area contributed by atoms with Gasteiger partial charge >= 0.3 is 0 Å². The highest BCUT2D eigenvalue weighted by molar-refractivity contribution is 5.19. The Kier molecular flexibility index (Phi) is 2.10. The third-order valence-corrected chi connectivity index (χ3v) is 0.910. The molecule has 0 heterocycles. The van der Waals surface area contributed by atoms with E-state index in [1.165, 1.54) is 0 Å². The minimum absolute atomic E-state index is 0.280. The summed E-state index contributed by atoms with van der Waals surface area (Å²) >= 11 is 0. The van der Waals surface area contributed by atoms with Crippen molar-refractivity contribution in [1.82, 2.24) is 0 Å². The minimum Gasteiger partial charge on any atom is -0.468 e. The summed E-state index contributed by atoms with van der Waals surface area (Å²) in [7, 11) is 0. The van der Waals surface area contributed by atoms with Crippen LogP contribution in [0.3, 0.4) is 0 Å². The van der Waals surface area contributed by atoms with Crippen LogP contribution in [0.25, 0.3) is 0 Å². The van der Waals surface area contributed by atoms with Gasteiger partial charge in [-0.3, -0.25) is 0 Å². The Morgan fingerprint density at radius 3 is 3.11 bits per heavy atom. The van der Waals surface area contributed by atoms with Gasteiger partial charge in [-0.2, -0.15) is 0 Å². The lowest BCUT2D eigenvalue weighted by atomic mass is 10.3. The molecule has 0 bridgehead atoms. The minimum atomic E-state index is -0.280. The van der Waals surface area contributed by atoms with Crippen LogP contribution in [0.4, 0.5) is 0 Å². The molecule has 0 saturated heterocycles. The van der Waals surface area contributed by atoms with E-state index < -0.39 is 0 Å². The molecule has 1 rings (SSSR count). The molecular formula is C7H7O2. The standard InChI is InChI=1S/C7H7O2/c8-6-9-7-4-2-1-3-5-7/h1-2,4-5,8H,6H2. The molecule has 0 fully saturated rings. The van der Waals surface area contributed by atoms with Crippen molar-refractivity contribution in [2.45, 2.75) is 0 Å². The zero-order valence-electron chi connectivity index (χ0n) is 4.87. The van der Waals surface area contributed by atoms with Gasteiger partial charge in [0.25, 0.3) is 0 Å². The van der Waals surface area contributed by atoms with E-state index in [1.54, 1.807) is 24.3 Å². The van der Waals surface area contributed by atoms with E-state index in [2.05, 4.69) is 6.07 Å². The van der Waals surface area contributed by atoms with Crippen molar-refractivity contribution in [3.63, 3.8) is 0 Å². The first kappa shape index (κ1) is 6.11. The summed E-state index contributed by atoms with van der Waals surface area (Å²) in [6, 6.07) is 9.79. The molecule has 0 amide bonds. The predicted molar refractivity (Wildman–Crippen MR) is 33.0 cm³/mol. The van der Waals surface area contributed by atoms with Crippen molar-refractivity contribution in [3.05, 3.63) is 30.3 Å². The number of aliphatic hydroxyl groups is 1. The molecule has 0 saturated carbocycles. The fourth-order valence-electron chi connectivity index (χ4n) is 0.541. The van der Waals surface area contributed by atoms with E-state index in [9.17, 15) is 0 Å². The molecule has 2 heteroatoms. The highest BCUT2D eigenvalue weighted by atomic mass is 16.6. The summed E-state index contributed by atoms with van der Waals surface area (Å²) in [5.41, 5.74) is 0. The van der Waals surface area contributed by atoms with E-state index in [-0.39, 0.29) is 6.79 Å². The Morgan fingerprint density at radius 2 is 2.56 bits per heavy atom. The molecule has 1 aromatic carbocycles. The van der Waals surface area contributed by atoms with Crippen molar-refractivity contribution < 1.29 is 9.84 Å². The first-order valence-electron chi connectivity index (χ1n) is 2.63. The Balaban J connectivity index is 2.61. The fourth-order valence-corrected chi connectivity index (χ4v) is 0.541. The van der Waals surface area contributed by atoms with E-state index in [4.69, 9.17) is 9.84 Å². The van der Waals surface area contributed by atoms with Crippen LogP contribution in [0, 0.1) is 6.07 Å². The van der Waals surface area contributed by atoms with Gasteiger partial charge in [0.2, 0.25) is 0 Å².